The molecule has 0 saturated carbocycles. The molecule has 124 valence electrons. The normalized spacial score (nSPS) is 12.2. The number of aliphatic hydroxyl groups excluding tert-OH is 1. The Morgan fingerprint density at radius 3 is 2.61 bits per heavy atom. The SMILES string of the molecule is CC(C)Oc1ccc([C@@H](O)CNC(=O)CCc2ccsc2)cc1. The Labute approximate surface area is 141 Å². The van der Waals surface area contributed by atoms with E-state index >= 15 is 0 Å². The minimum atomic E-state index is -0.715. The van der Waals surface area contributed by atoms with E-state index in [1.54, 1.807) is 11.3 Å². The van der Waals surface area contributed by atoms with Crippen LogP contribution in [0.5, 0.6) is 5.75 Å². The van der Waals surface area contributed by atoms with E-state index in [1.807, 2.05) is 54.9 Å². The molecule has 0 aliphatic heterocycles. The average Bonchev–Trinajstić information content (AvgIpc) is 3.04. The number of rotatable bonds is 8. The molecule has 2 N–H and O–H groups in total. The molecule has 2 aromatic rings. The fourth-order valence-electron chi connectivity index (χ4n) is 2.15. The Morgan fingerprint density at radius 1 is 1.26 bits per heavy atom. The molecule has 0 fully saturated rings. The van der Waals surface area contributed by atoms with Crippen molar-refractivity contribution in [2.24, 2.45) is 0 Å². The Hall–Kier alpha value is -1.85. The first kappa shape index (κ1) is 17.5. The molecule has 0 unspecified atom stereocenters. The maximum atomic E-state index is 11.8. The summed E-state index contributed by atoms with van der Waals surface area (Å²) in [4.78, 5) is 11.8. The lowest BCUT2D eigenvalue weighted by Crippen LogP contribution is -2.28. The smallest absolute Gasteiger partial charge is 0.220 e. The van der Waals surface area contributed by atoms with E-state index < -0.39 is 6.10 Å². The van der Waals surface area contributed by atoms with E-state index in [1.165, 1.54) is 5.56 Å². The third kappa shape index (κ3) is 6.04. The van der Waals surface area contributed by atoms with Gasteiger partial charge in [-0.2, -0.15) is 11.3 Å². The Morgan fingerprint density at radius 2 is 2.00 bits per heavy atom. The van der Waals surface area contributed by atoms with Crippen molar-refractivity contribution in [1.29, 1.82) is 0 Å². The molecule has 0 aliphatic rings. The van der Waals surface area contributed by atoms with E-state index in [-0.39, 0.29) is 18.6 Å². The number of carbonyl (C=O) groups excluding carboxylic acids is 1. The highest BCUT2D eigenvalue weighted by atomic mass is 32.1. The van der Waals surface area contributed by atoms with Gasteiger partial charge >= 0.3 is 0 Å². The maximum absolute atomic E-state index is 11.8. The third-order valence-electron chi connectivity index (χ3n) is 3.35. The van der Waals surface area contributed by atoms with E-state index in [0.29, 0.717) is 6.42 Å². The number of ether oxygens (including phenoxy) is 1. The van der Waals surface area contributed by atoms with Crippen LogP contribution < -0.4 is 10.1 Å². The molecule has 0 bridgehead atoms. The second kappa shape index (κ2) is 8.70. The van der Waals surface area contributed by atoms with Gasteiger partial charge in [0.05, 0.1) is 12.2 Å². The predicted octanol–water partition coefficient (Wildman–Crippen LogP) is 3.32. The van der Waals surface area contributed by atoms with Crippen molar-refractivity contribution in [3.05, 3.63) is 52.2 Å². The summed E-state index contributed by atoms with van der Waals surface area (Å²) < 4.78 is 5.56. The van der Waals surface area contributed by atoms with Crippen LogP contribution in [0.1, 0.15) is 37.5 Å². The van der Waals surface area contributed by atoms with Crippen molar-refractivity contribution in [3.8, 4) is 5.75 Å². The molecular formula is C18H23NO3S. The Kier molecular flexibility index (Phi) is 6.62. The van der Waals surface area contributed by atoms with Gasteiger partial charge in [-0.25, -0.2) is 0 Å². The number of amides is 1. The molecule has 1 aromatic carbocycles. The van der Waals surface area contributed by atoms with Gasteiger partial charge in [-0.1, -0.05) is 12.1 Å². The van der Waals surface area contributed by atoms with Gasteiger partial charge in [-0.15, -0.1) is 0 Å². The van der Waals surface area contributed by atoms with E-state index in [9.17, 15) is 9.90 Å². The minimum Gasteiger partial charge on any atom is -0.491 e. The maximum Gasteiger partial charge on any atom is 0.220 e. The molecule has 1 heterocycles. The first-order valence-corrected chi connectivity index (χ1v) is 8.71. The number of hydrogen-bond acceptors (Lipinski definition) is 4. The zero-order chi connectivity index (χ0) is 16.7. The van der Waals surface area contributed by atoms with Gasteiger partial charge in [0.15, 0.2) is 0 Å². The van der Waals surface area contributed by atoms with Crippen molar-refractivity contribution in [2.45, 2.75) is 38.9 Å². The number of aryl methyl sites for hydroxylation is 1. The van der Waals surface area contributed by atoms with Gasteiger partial charge < -0.3 is 15.2 Å². The van der Waals surface area contributed by atoms with Crippen molar-refractivity contribution < 1.29 is 14.6 Å². The van der Waals surface area contributed by atoms with Crippen LogP contribution in [0.15, 0.2) is 41.1 Å². The monoisotopic (exact) mass is 333 g/mol. The first-order valence-electron chi connectivity index (χ1n) is 7.77. The highest BCUT2D eigenvalue weighted by Crippen LogP contribution is 2.18. The van der Waals surface area contributed by atoms with Crippen LogP contribution in [-0.4, -0.2) is 23.7 Å². The van der Waals surface area contributed by atoms with E-state index in [0.717, 1.165) is 17.7 Å². The van der Waals surface area contributed by atoms with Crippen LogP contribution in [0, 0.1) is 0 Å². The van der Waals surface area contributed by atoms with Crippen LogP contribution in [-0.2, 0) is 11.2 Å². The fraction of sp³-hybridized carbons (Fsp3) is 0.389. The fourth-order valence-corrected chi connectivity index (χ4v) is 2.85. The van der Waals surface area contributed by atoms with Crippen molar-refractivity contribution >= 4 is 17.2 Å². The molecule has 1 aromatic heterocycles. The molecule has 0 aliphatic carbocycles. The number of nitrogens with one attached hydrogen (secondary N) is 1. The van der Waals surface area contributed by atoms with Gasteiger partial charge in [0.2, 0.25) is 5.91 Å². The molecule has 2 rings (SSSR count). The first-order chi connectivity index (χ1) is 11.0. The summed E-state index contributed by atoms with van der Waals surface area (Å²) in [6.07, 6.45) is 0.568. The van der Waals surface area contributed by atoms with Crippen LogP contribution in [0.2, 0.25) is 0 Å². The van der Waals surface area contributed by atoms with Gasteiger partial charge in [0.1, 0.15) is 5.75 Å². The van der Waals surface area contributed by atoms with Gasteiger partial charge in [-0.3, -0.25) is 4.79 Å². The van der Waals surface area contributed by atoms with Gasteiger partial charge in [0.25, 0.3) is 0 Å². The topological polar surface area (TPSA) is 58.6 Å². The van der Waals surface area contributed by atoms with Gasteiger partial charge in [0, 0.05) is 13.0 Å². The third-order valence-corrected chi connectivity index (χ3v) is 4.08. The number of aliphatic hydroxyl groups is 1. The average molecular weight is 333 g/mol. The second-order valence-corrected chi connectivity index (χ2v) is 6.47. The molecule has 1 amide bonds. The zero-order valence-corrected chi connectivity index (χ0v) is 14.3. The quantitative estimate of drug-likeness (QED) is 0.779. The summed E-state index contributed by atoms with van der Waals surface area (Å²) in [7, 11) is 0. The van der Waals surface area contributed by atoms with Gasteiger partial charge in [-0.05, 0) is 60.4 Å². The number of thiophene rings is 1. The zero-order valence-electron chi connectivity index (χ0n) is 13.5. The predicted molar refractivity (Wildman–Crippen MR) is 92.8 cm³/mol. The van der Waals surface area contributed by atoms with E-state index in [4.69, 9.17) is 4.74 Å². The van der Waals surface area contributed by atoms with Crippen molar-refractivity contribution in [2.75, 3.05) is 6.54 Å². The molecule has 0 radical (unpaired) electrons. The highest BCUT2D eigenvalue weighted by molar-refractivity contribution is 7.07. The summed E-state index contributed by atoms with van der Waals surface area (Å²) in [5.41, 5.74) is 1.94. The lowest BCUT2D eigenvalue weighted by Gasteiger charge is -2.14. The highest BCUT2D eigenvalue weighted by Gasteiger charge is 2.10. The summed E-state index contributed by atoms with van der Waals surface area (Å²) in [5, 5.41) is 17.0. The number of hydrogen-bond donors (Lipinski definition) is 2. The summed E-state index contributed by atoms with van der Waals surface area (Å²) in [6, 6.07) is 9.32. The molecule has 23 heavy (non-hydrogen) atoms. The summed E-state index contributed by atoms with van der Waals surface area (Å²) in [6.45, 7) is 4.15. The van der Waals surface area contributed by atoms with Crippen LogP contribution in [0.3, 0.4) is 0 Å². The van der Waals surface area contributed by atoms with Crippen molar-refractivity contribution in [1.82, 2.24) is 5.32 Å². The van der Waals surface area contributed by atoms with Crippen LogP contribution >= 0.6 is 11.3 Å². The number of benzene rings is 1. The molecule has 1 atom stereocenters. The second-order valence-electron chi connectivity index (χ2n) is 5.69. The van der Waals surface area contributed by atoms with Crippen LogP contribution in [0.4, 0.5) is 0 Å². The van der Waals surface area contributed by atoms with Crippen molar-refractivity contribution in [3.63, 3.8) is 0 Å². The molecular weight excluding hydrogens is 310 g/mol. The number of carbonyl (C=O) groups is 1. The standard InChI is InChI=1S/C18H23NO3S/c1-13(2)22-16-6-4-15(5-7-16)17(20)11-19-18(21)8-3-14-9-10-23-12-14/h4-7,9-10,12-13,17,20H,3,8,11H2,1-2H3,(H,19,21)/t17-/m0/s1. The minimum absolute atomic E-state index is 0.0463. The van der Waals surface area contributed by atoms with Crippen LogP contribution in [0.25, 0.3) is 0 Å². The molecule has 4 nitrogen and oxygen atoms in total. The molecule has 0 saturated heterocycles. The molecule has 5 heteroatoms. The summed E-state index contributed by atoms with van der Waals surface area (Å²) in [5.74, 6) is 0.728. The largest absolute Gasteiger partial charge is 0.491 e. The lowest BCUT2D eigenvalue weighted by molar-refractivity contribution is -0.121. The van der Waals surface area contributed by atoms with E-state index in [2.05, 4.69) is 5.32 Å². The Balaban J connectivity index is 1.75. The molecule has 0 spiro atoms. The lowest BCUT2D eigenvalue weighted by atomic mass is 10.1. The summed E-state index contributed by atoms with van der Waals surface area (Å²) >= 11 is 1.63. The Bertz CT molecular complexity index is 593.